The van der Waals surface area contributed by atoms with Crippen molar-refractivity contribution in [3.63, 3.8) is 0 Å². The number of carbonyl (C=O) groups is 1. The number of ether oxygens (including phenoxy) is 2. The number of aliphatic hydroxyl groups is 1. The Morgan fingerprint density at radius 1 is 1.22 bits per heavy atom. The first-order chi connectivity index (χ1) is 13.0. The van der Waals surface area contributed by atoms with E-state index in [1.54, 1.807) is 39.5 Å². The number of hydrogen-bond donors (Lipinski definition) is 2. The van der Waals surface area contributed by atoms with Crippen LogP contribution in [-0.2, 0) is 4.79 Å². The molecule has 1 aliphatic carbocycles. The fourth-order valence-electron chi connectivity index (χ4n) is 3.06. The number of aliphatic hydroxyl groups excluding tert-OH is 1. The molecule has 8 heteroatoms. The number of carbonyl (C=O) groups excluding carboxylic acids is 1. The molecule has 27 heavy (non-hydrogen) atoms. The standard InChI is InChI=1S/C19H26N4O4/c1-23(2)19(25)11-27-17-8-14-15(9-16(17)26-3)22-18(10-20-14)21-12-4-6-13(24)7-5-12/h8-10,12-13,24H,4-7,11H2,1-3H3,(H,21,22)/t12-,13-. The van der Waals surface area contributed by atoms with Gasteiger partial charge in [0.25, 0.3) is 5.91 Å². The van der Waals surface area contributed by atoms with Crippen LogP contribution in [0.2, 0.25) is 0 Å². The Morgan fingerprint density at radius 3 is 2.59 bits per heavy atom. The average molecular weight is 374 g/mol. The normalized spacial score (nSPS) is 19.6. The number of anilines is 1. The lowest BCUT2D eigenvalue weighted by Crippen LogP contribution is -2.28. The SMILES string of the molecule is COc1cc2nc(N[C@H]3CC[C@H](O)CC3)cnc2cc1OCC(=O)N(C)C. The highest BCUT2D eigenvalue weighted by atomic mass is 16.5. The van der Waals surface area contributed by atoms with Crippen LogP contribution in [-0.4, -0.2) is 65.8 Å². The highest BCUT2D eigenvalue weighted by Gasteiger charge is 2.20. The Labute approximate surface area is 158 Å². The van der Waals surface area contributed by atoms with Gasteiger partial charge < -0.3 is 24.8 Å². The van der Waals surface area contributed by atoms with Crippen LogP contribution < -0.4 is 14.8 Å². The van der Waals surface area contributed by atoms with Crippen molar-refractivity contribution in [2.24, 2.45) is 0 Å². The number of nitrogens with zero attached hydrogens (tertiary/aromatic N) is 3. The van der Waals surface area contributed by atoms with E-state index in [-0.39, 0.29) is 18.6 Å². The number of aromatic nitrogens is 2. The zero-order chi connectivity index (χ0) is 19.4. The summed E-state index contributed by atoms with van der Waals surface area (Å²) in [6.45, 7) is -0.0739. The summed E-state index contributed by atoms with van der Waals surface area (Å²) < 4.78 is 11.0. The molecule has 0 bridgehead atoms. The minimum absolute atomic E-state index is 0.0739. The van der Waals surface area contributed by atoms with Gasteiger partial charge in [0.15, 0.2) is 18.1 Å². The molecule has 0 spiro atoms. The van der Waals surface area contributed by atoms with Crippen LogP contribution in [0.25, 0.3) is 11.0 Å². The Hall–Kier alpha value is -2.61. The van der Waals surface area contributed by atoms with E-state index in [9.17, 15) is 9.90 Å². The highest BCUT2D eigenvalue weighted by Crippen LogP contribution is 2.31. The van der Waals surface area contributed by atoms with E-state index < -0.39 is 0 Å². The third-order valence-electron chi connectivity index (χ3n) is 4.73. The second kappa shape index (κ2) is 8.39. The number of hydrogen-bond acceptors (Lipinski definition) is 7. The molecule has 0 saturated heterocycles. The second-order valence-electron chi connectivity index (χ2n) is 6.97. The van der Waals surface area contributed by atoms with Crippen molar-refractivity contribution in [3.05, 3.63) is 18.3 Å². The molecule has 1 aromatic carbocycles. The summed E-state index contributed by atoms with van der Waals surface area (Å²) in [7, 11) is 4.90. The zero-order valence-corrected chi connectivity index (χ0v) is 15.9. The molecular formula is C19H26N4O4. The minimum Gasteiger partial charge on any atom is -0.493 e. The van der Waals surface area contributed by atoms with Crippen molar-refractivity contribution in [1.82, 2.24) is 14.9 Å². The van der Waals surface area contributed by atoms with Crippen LogP contribution in [0, 0.1) is 0 Å². The topological polar surface area (TPSA) is 96.8 Å². The fourth-order valence-corrected chi connectivity index (χ4v) is 3.06. The molecule has 8 nitrogen and oxygen atoms in total. The number of methoxy groups -OCH3 is 1. The third kappa shape index (κ3) is 4.77. The van der Waals surface area contributed by atoms with Gasteiger partial charge in [-0.2, -0.15) is 0 Å². The van der Waals surface area contributed by atoms with Gasteiger partial charge in [-0.1, -0.05) is 0 Å². The molecule has 2 aromatic rings. The summed E-state index contributed by atoms with van der Waals surface area (Å²) in [5.74, 6) is 1.51. The predicted octanol–water partition coefficient (Wildman–Crippen LogP) is 1.82. The van der Waals surface area contributed by atoms with E-state index >= 15 is 0 Å². The van der Waals surface area contributed by atoms with Crippen LogP contribution in [0.4, 0.5) is 5.82 Å². The summed E-state index contributed by atoms with van der Waals surface area (Å²) >= 11 is 0. The monoisotopic (exact) mass is 374 g/mol. The zero-order valence-electron chi connectivity index (χ0n) is 15.9. The Bertz CT molecular complexity index is 804. The van der Waals surface area contributed by atoms with Gasteiger partial charge in [0, 0.05) is 32.3 Å². The molecular weight excluding hydrogens is 348 g/mol. The highest BCUT2D eigenvalue weighted by molar-refractivity contribution is 5.81. The summed E-state index contributed by atoms with van der Waals surface area (Å²) in [6.07, 6.45) is 4.94. The van der Waals surface area contributed by atoms with Gasteiger partial charge >= 0.3 is 0 Å². The van der Waals surface area contributed by atoms with Gasteiger partial charge in [0.05, 0.1) is 30.4 Å². The van der Waals surface area contributed by atoms with Gasteiger partial charge in [0.2, 0.25) is 0 Å². The quantitative estimate of drug-likeness (QED) is 0.796. The summed E-state index contributed by atoms with van der Waals surface area (Å²) in [4.78, 5) is 22.3. The molecule has 0 aliphatic heterocycles. The number of likely N-dealkylation sites (N-methyl/N-ethyl adjacent to an activating group) is 1. The molecule has 1 fully saturated rings. The molecule has 1 aliphatic rings. The first kappa shape index (κ1) is 19.2. The number of fused-ring (bicyclic) bond motifs is 1. The molecule has 0 unspecified atom stereocenters. The van der Waals surface area contributed by atoms with E-state index in [0.29, 0.717) is 34.4 Å². The molecule has 1 amide bonds. The van der Waals surface area contributed by atoms with E-state index in [1.165, 1.54) is 4.90 Å². The fraction of sp³-hybridized carbons (Fsp3) is 0.526. The molecule has 0 atom stereocenters. The summed E-state index contributed by atoms with van der Waals surface area (Å²) in [5.41, 5.74) is 1.34. The van der Waals surface area contributed by atoms with Crippen LogP contribution >= 0.6 is 0 Å². The lowest BCUT2D eigenvalue weighted by atomic mass is 9.93. The van der Waals surface area contributed by atoms with E-state index in [1.807, 2.05) is 0 Å². The number of nitrogens with one attached hydrogen (secondary N) is 1. The first-order valence-corrected chi connectivity index (χ1v) is 9.08. The smallest absolute Gasteiger partial charge is 0.259 e. The largest absolute Gasteiger partial charge is 0.493 e. The minimum atomic E-state index is -0.187. The molecule has 1 saturated carbocycles. The van der Waals surface area contributed by atoms with Gasteiger partial charge in [-0.05, 0) is 25.7 Å². The molecule has 146 valence electrons. The van der Waals surface area contributed by atoms with E-state index in [0.717, 1.165) is 25.7 Å². The average Bonchev–Trinajstić information content (AvgIpc) is 2.67. The Balaban J connectivity index is 1.76. The van der Waals surface area contributed by atoms with Crippen molar-refractivity contribution in [2.45, 2.75) is 37.8 Å². The lowest BCUT2D eigenvalue weighted by Gasteiger charge is -2.26. The number of amides is 1. The number of benzene rings is 1. The predicted molar refractivity (Wildman–Crippen MR) is 102 cm³/mol. The van der Waals surface area contributed by atoms with Gasteiger partial charge in [-0.15, -0.1) is 0 Å². The second-order valence-corrected chi connectivity index (χ2v) is 6.97. The van der Waals surface area contributed by atoms with Crippen molar-refractivity contribution >= 4 is 22.8 Å². The van der Waals surface area contributed by atoms with Crippen molar-refractivity contribution in [3.8, 4) is 11.5 Å². The van der Waals surface area contributed by atoms with Gasteiger partial charge in [0.1, 0.15) is 5.82 Å². The first-order valence-electron chi connectivity index (χ1n) is 9.08. The maximum absolute atomic E-state index is 11.7. The summed E-state index contributed by atoms with van der Waals surface area (Å²) in [5, 5.41) is 13.0. The van der Waals surface area contributed by atoms with Gasteiger partial charge in [-0.3, -0.25) is 9.78 Å². The molecule has 0 radical (unpaired) electrons. The van der Waals surface area contributed by atoms with Crippen molar-refractivity contribution in [1.29, 1.82) is 0 Å². The van der Waals surface area contributed by atoms with Crippen LogP contribution in [0.5, 0.6) is 11.5 Å². The summed E-state index contributed by atoms with van der Waals surface area (Å²) in [6, 6.07) is 3.78. The maximum atomic E-state index is 11.7. The maximum Gasteiger partial charge on any atom is 0.259 e. The Kier molecular flexibility index (Phi) is 5.95. The van der Waals surface area contributed by atoms with Crippen LogP contribution in [0.1, 0.15) is 25.7 Å². The Morgan fingerprint density at radius 2 is 1.93 bits per heavy atom. The third-order valence-corrected chi connectivity index (χ3v) is 4.73. The van der Waals surface area contributed by atoms with Crippen molar-refractivity contribution in [2.75, 3.05) is 33.1 Å². The van der Waals surface area contributed by atoms with Crippen LogP contribution in [0.15, 0.2) is 18.3 Å². The molecule has 2 N–H and O–H groups in total. The van der Waals surface area contributed by atoms with Crippen molar-refractivity contribution < 1.29 is 19.4 Å². The van der Waals surface area contributed by atoms with E-state index in [4.69, 9.17) is 9.47 Å². The van der Waals surface area contributed by atoms with E-state index in [2.05, 4.69) is 15.3 Å². The lowest BCUT2D eigenvalue weighted by molar-refractivity contribution is -0.130. The van der Waals surface area contributed by atoms with Gasteiger partial charge in [-0.25, -0.2) is 4.98 Å². The number of rotatable bonds is 6. The van der Waals surface area contributed by atoms with Crippen LogP contribution in [0.3, 0.4) is 0 Å². The molecule has 3 rings (SSSR count). The molecule has 1 aromatic heterocycles. The molecule has 1 heterocycles.